The molecular formula is C23H37IN4O. The lowest BCUT2D eigenvalue weighted by Crippen LogP contribution is -2.46. The zero-order chi connectivity index (χ0) is 19.8. The van der Waals surface area contributed by atoms with Crippen LogP contribution in [0.1, 0.15) is 74.7 Å². The molecule has 5 nitrogen and oxygen atoms in total. The zero-order valence-electron chi connectivity index (χ0n) is 18.0. The molecule has 0 unspecified atom stereocenters. The molecule has 1 aliphatic carbocycles. The van der Waals surface area contributed by atoms with Gasteiger partial charge in [0.2, 0.25) is 0 Å². The van der Waals surface area contributed by atoms with Gasteiger partial charge in [-0.2, -0.15) is 0 Å². The van der Waals surface area contributed by atoms with Crippen molar-refractivity contribution in [3.63, 3.8) is 0 Å². The van der Waals surface area contributed by atoms with E-state index < -0.39 is 0 Å². The minimum absolute atomic E-state index is 0. The van der Waals surface area contributed by atoms with E-state index in [0.717, 1.165) is 56.1 Å². The van der Waals surface area contributed by atoms with Crippen molar-refractivity contribution < 1.29 is 4.79 Å². The van der Waals surface area contributed by atoms with E-state index in [2.05, 4.69) is 30.5 Å². The second-order valence-electron chi connectivity index (χ2n) is 8.31. The molecule has 0 aromatic heterocycles. The van der Waals surface area contributed by atoms with Crippen molar-refractivity contribution in [3.8, 4) is 0 Å². The molecule has 1 aliphatic heterocycles. The molecule has 1 aromatic rings. The molecule has 2 fully saturated rings. The van der Waals surface area contributed by atoms with Gasteiger partial charge in [0, 0.05) is 31.7 Å². The van der Waals surface area contributed by atoms with Crippen LogP contribution in [0, 0.1) is 5.41 Å². The Labute approximate surface area is 193 Å². The van der Waals surface area contributed by atoms with Gasteiger partial charge in [0.15, 0.2) is 5.96 Å². The molecule has 1 heterocycles. The number of carbonyl (C=O) groups excluding carboxylic acids is 1. The smallest absolute Gasteiger partial charge is 0.253 e. The zero-order valence-corrected chi connectivity index (χ0v) is 20.3. The number of aliphatic imine (C=N–C) groups is 1. The maximum absolute atomic E-state index is 12.7. The minimum Gasteiger partial charge on any atom is -0.357 e. The summed E-state index contributed by atoms with van der Waals surface area (Å²) in [5.74, 6) is 1.03. The lowest BCUT2D eigenvalue weighted by atomic mass is 9.67. The summed E-state index contributed by atoms with van der Waals surface area (Å²) >= 11 is 0. The number of rotatable bonds is 7. The van der Waals surface area contributed by atoms with Crippen molar-refractivity contribution in [2.75, 3.05) is 26.2 Å². The number of hydrogen-bond donors (Lipinski definition) is 2. The van der Waals surface area contributed by atoms with Gasteiger partial charge in [-0.05, 0) is 68.6 Å². The maximum Gasteiger partial charge on any atom is 0.253 e. The SMILES string of the molecule is CCNC(=NCc1cccc(C(=O)N2CCCCC2)c1)NCC1(CC)CCC1.I. The van der Waals surface area contributed by atoms with Crippen LogP contribution >= 0.6 is 24.0 Å². The van der Waals surface area contributed by atoms with Gasteiger partial charge in [-0.15, -0.1) is 24.0 Å². The molecule has 0 atom stereocenters. The van der Waals surface area contributed by atoms with Crippen LogP contribution in [-0.2, 0) is 6.54 Å². The van der Waals surface area contributed by atoms with Crippen molar-refractivity contribution in [1.82, 2.24) is 15.5 Å². The minimum atomic E-state index is 0. The number of benzene rings is 1. The summed E-state index contributed by atoms with van der Waals surface area (Å²) in [6.45, 7) is 8.56. The molecule has 162 valence electrons. The first-order valence-electron chi connectivity index (χ1n) is 11.1. The van der Waals surface area contributed by atoms with E-state index in [1.165, 1.54) is 32.1 Å². The first-order chi connectivity index (χ1) is 13.7. The Balaban J connectivity index is 0.00000300. The van der Waals surface area contributed by atoms with Gasteiger partial charge in [0.05, 0.1) is 6.54 Å². The molecule has 0 bridgehead atoms. The van der Waals surface area contributed by atoms with Crippen molar-refractivity contribution in [2.45, 2.75) is 65.3 Å². The molecule has 0 radical (unpaired) electrons. The molecule has 1 saturated heterocycles. The van der Waals surface area contributed by atoms with Crippen molar-refractivity contribution in [3.05, 3.63) is 35.4 Å². The van der Waals surface area contributed by atoms with Gasteiger partial charge in [-0.25, -0.2) is 4.99 Å². The number of nitrogens with one attached hydrogen (secondary N) is 2. The number of carbonyl (C=O) groups is 1. The lowest BCUT2D eigenvalue weighted by molar-refractivity contribution is 0.0724. The summed E-state index contributed by atoms with van der Waals surface area (Å²) in [7, 11) is 0. The van der Waals surface area contributed by atoms with Crippen molar-refractivity contribution in [2.24, 2.45) is 10.4 Å². The van der Waals surface area contributed by atoms with E-state index in [1.54, 1.807) is 0 Å². The van der Waals surface area contributed by atoms with E-state index >= 15 is 0 Å². The van der Waals surface area contributed by atoms with Crippen molar-refractivity contribution in [1.29, 1.82) is 0 Å². The summed E-state index contributed by atoms with van der Waals surface area (Å²) in [5.41, 5.74) is 2.32. The number of amides is 1. The highest BCUT2D eigenvalue weighted by atomic mass is 127. The lowest BCUT2D eigenvalue weighted by Gasteiger charge is -2.41. The Morgan fingerprint density at radius 2 is 1.86 bits per heavy atom. The normalized spacial score (nSPS) is 18.4. The van der Waals surface area contributed by atoms with Gasteiger partial charge >= 0.3 is 0 Å². The second kappa shape index (κ2) is 11.8. The van der Waals surface area contributed by atoms with E-state index in [-0.39, 0.29) is 29.9 Å². The standard InChI is InChI=1S/C23H36N4O.HI/c1-3-23(12-9-13-23)18-26-22(24-4-2)25-17-19-10-8-11-20(16-19)21(28)27-14-6-5-7-15-27;/h8,10-11,16H,3-7,9,12-15,17-18H2,1-2H3,(H2,24,25,26);1H. The average molecular weight is 512 g/mol. The molecule has 1 aromatic carbocycles. The maximum atomic E-state index is 12.7. The number of nitrogens with zero attached hydrogens (tertiary/aromatic N) is 2. The van der Waals surface area contributed by atoms with Crippen LogP contribution in [-0.4, -0.2) is 42.9 Å². The van der Waals surface area contributed by atoms with Gasteiger partial charge in [0.25, 0.3) is 5.91 Å². The summed E-state index contributed by atoms with van der Waals surface area (Å²) in [6, 6.07) is 7.96. The fourth-order valence-corrected chi connectivity index (χ4v) is 4.20. The van der Waals surface area contributed by atoms with Crippen LogP contribution < -0.4 is 10.6 Å². The fourth-order valence-electron chi connectivity index (χ4n) is 4.20. The Kier molecular flexibility index (Phi) is 9.72. The Bertz CT molecular complexity index is 676. The second-order valence-corrected chi connectivity index (χ2v) is 8.31. The summed E-state index contributed by atoms with van der Waals surface area (Å²) in [4.78, 5) is 19.5. The molecule has 2 aliphatic rings. The van der Waals surface area contributed by atoms with Gasteiger partial charge in [0.1, 0.15) is 0 Å². The van der Waals surface area contributed by atoms with Crippen LogP contribution in [0.5, 0.6) is 0 Å². The number of piperidine rings is 1. The summed E-state index contributed by atoms with van der Waals surface area (Å²) in [6.07, 6.45) is 8.67. The van der Waals surface area contributed by atoms with E-state index in [1.807, 2.05) is 23.1 Å². The van der Waals surface area contributed by atoms with E-state index in [9.17, 15) is 4.79 Å². The van der Waals surface area contributed by atoms with Gasteiger partial charge in [-0.1, -0.05) is 25.5 Å². The Morgan fingerprint density at radius 1 is 1.10 bits per heavy atom. The largest absolute Gasteiger partial charge is 0.357 e. The first-order valence-corrected chi connectivity index (χ1v) is 11.1. The van der Waals surface area contributed by atoms with Crippen LogP contribution in [0.15, 0.2) is 29.3 Å². The van der Waals surface area contributed by atoms with E-state index in [0.29, 0.717) is 12.0 Å². The summed E-state index contributed by atoms with van der Waals surface area (Å²) in [5, 5.41) is 6.89. The quantitative estimate of drug-likeness (QED) is 0.320. The third-order valence-electron chi connectivity index (χ3n) is 6.38. The van der Waals surface area contributed by atoms with Crippen LogP contribution in [0.3, 0.4) is 0 Å². The number of guanidine groups is 1. The number of halogens is 1. The Morgan fingerprint density at radius 3 is 2.48 bits per heavy atom. The molecule has 2 N–H and O–H groups in total. The molecule has 1 amide bonds. The predicted octanol–water partition coefficient (Wildman–Crippen LogP) is 4.57. The highest BCUT2D eigenvalue weighted by Gasteiger charge is 2.34. The van der Waals surface area contributed by atoms with Crippen LogP contribution in [0.4, 0.5) is 0 Å². The highest BCUT2D eigenvalue weighted by Crippen LogP contribution is 2.42. The van der Waals surface area contributed by atoms with E-state index in [4.69, 9.17) is 4.99 Å². The molecular weight excluding hydrogens is 475 g/mol. The molecule has 0 spiro atoms. The monoisotopic (exact) mass is 512 g/mol. The molecule has 29 heavy (non-hydrogen) atoms. The number of likely N-dealkylation sites (tertiary alicyclic amines) is 1. The first kappa shape index (κ1) is 24.0. The average Bonchev–Trinajstić information content (AvgIpc) is 2.71. The summed E-state index contributed by atoms with van der Waals surface area (Å²) < 4.78 is 0. The topological polar surface area (TPSA) is 56.7 Å². The van der Waals surface area contributed by atoms with Gasteiger partial charge < -0.3 is 15.5 Å². The molecule has 1 saturated carbocycles. The molecule has 6 heteroatoms. The Hall–Kier alpha value is -1.31. The van der Waals surface area contributed by atoms with Crippen LogP contribution in [0.25, 0.3) is 0 Å². The highest BCUT2D eigenvalue weighted by molar-refractivity contribution is 14.0. The molecule has 3 rings (SSSR count). The third kappa shape index (κ3) is 6.59. The van der Waals surface area contributed by atoms with Crippen LogP contribution in [0.2, 0.25) is 0 Å². The number of hydrogen-bond acceptors (Lipinski definition) is 2. The third-order valence-corrected chi connectivity index (χ3v) is 6.38. The fraction of sp³-hybridized carbons (Fsp3) is 0.652. The predicted molar refractivity (Wildman–Crippen MR) is 131 cm³/mol. The van der Waals surface area contributed by atoms with Crippen molar-refractivity contribution >= 4 is 35.8 Å². The van der Waals surface area contributed by atoms with Gasteiger partial charge in [-0.3, -0.25) is 4.79 Å².